The van der Waals surface area contributed by atoms with Crippen molar-refractivity contribution in [1.82, 2.24) is 4.72 Å². The van der Waals surface area contributed by atoms with Gasteiger partial charge in [0.2, 0.25) is 10.0 Å². The fraction of sp³-hybridized carbons (Fsp3) is 1.00. The van der Waals surface area contributed by atoms with Gasteiger partial charge in [-0.2, -0.15) is 0 Å². The quantitative estimate of drug-likeness (QED) is 0.711. The van der Waals surface area contributed by atoms with Gasteiger partial charge in [0.25, 0.3) is 0 Å². The Kier molecular flexibility index (Phi) is 2.81. The number of aliphatic hydroxyl groups excluding tert-OH is 1. The predicted molar refractivity (Wildman–Crippen MR) is 53.3 cm³/mol. The zero-order valence-corrected chi connectivity index (χ0v) is 8.96. The molecule has 2 unspecified atom stereocenters. The van der Waals surface area contributed by atoms with Crippen molar-refractivity contribution >= 4 is 10.0 Å². The molecule has 14 heavy (non-hydrogen) atoms. The van der Waals surface area contributed by atoms with Crippen LogP contribution in [0.25, 0.3) is 0 Å². The second kappa shape index (κ2) is 3.79. The molecule has 2 atom stereocenters. The lowest BCUT2D eigenvalue weighted by Crippen LogP contribution is -2.40. The largest absolute Gasteiger partial charge is 0.396 e. The summed E-state index contributed by atoms with van der Waals surface area (Å²) < 4.78 is 26.0. The topological polar surface area (TPSA) is 66.4 Å². The SMILES string of the molecule is O=S(=O)(NC1CCCC1CO)C1CC1. The normalized spacial score (nSPS) is 33.5. The number of aliphatic hydroxyl groups is 1. The van der Waals surface area contributed by atoms with Crippen LogP contribution >= 0.6 is 0 Å². The predicted octanol–water partition coefficient (Wildman–Crippen LogP) is 0.229. The molecule has 0 aromatic heterocycles. The zero-order chi connectivity index (χ0) is 10.2. The minimum absolute atomic E-state index is 0.0226. The molecule has 0 spiro atoms. The minimum atomic E-state index is -3.07. The Morgan fingerprint density at radius 1 is 1.21 bits per heavy atom. The van der Waals surface area contributed by atoms with Crippen LogP contribution in [0.4, 0.5) is 0 Å². The highest BCUT2D eigenvalue weighted by atomic mass is 32.2. The highest BCUT2D eigenvalue weighted by Gasteiger charge is 2.39. The molecule has 5 heteroatoms. The molecule has 2 saturated carbocycles. The van der Waals surface area contributed by atoms with E-state index in [1.807, 2.05) is 0 Å². The lowest BCUT2D eigenvalue weighted by Gasteiger charge is -2.18. The molecule has 0 aromatic carbocycles. The molecular weight excluding hydrogens is 202 g/mol. The Morgan fingerprint density at radius 3 is 2.50 bits per heavy atom. The number of sulfonamides is 1. The Hall–Kier alpha value is -0.130. The molecule has 2 aliphatic rings. The molecule has 0 amide bonds. The van der Waals surface area contributed by atoms with Crippen molar-refractivity contribution < 1.29 is 13.5 Å². The molecule has 0 radical (unpaired) electrons. The highest BCUT2D eigenvalue weighted by Crippen LogP contribution is 2.31. The van der Waals surface area contributed by atoms with Crippen LogP contribution in [-0.4, -0.2) is 31.4 Å². The van der Waals surface area contributed by atoms with Crippen LogP contribution in [0.3, 0.4) is 0 Å². The van der Waals surface area contributed by atoms with Crippen LogP contribution in [0.5, 0.6) is 0 Å². The molecule has 2 rings (SSSR count). The van der Waals surface area contributed by atoms with Crippen molar-refractivity contribution in [3.63, 3.8) is 0 Å². The first-order valence-corrected chi connectivity index (χ1v) is 6.80. The van der Waals surface area contributed by atoms with E-state index in [1.165, 1.54) is 0 Å². The smallest absolute Gasteiger partial charge is 0.214 e. The molecule has 4 nitrogen and oxygen atoms in total. The minimum Gasteiger partial charge on any atom is -0.396 e. The number of hydrogen-bond donors (Lipinski definition) is 2. The highest BCUT2D eigenvalue weighted by molar-refractivity contribution is 7.90. The summed E-state index contributed by atoms with van der Waals surface area (Å²) in [7, 11) is -3.07. The van der Waals surface area contributed by atoms with E-state index >= 15 is 0 Å². The number of nitrogens with one attached hydrogen (secondary N) is 1. The first kappa shape index (κ1) is 10.4. The van der Waals surface area contributed by atoms with Crippen LogP contribution in [0, 0.1) is 5.92 Å². The molecule has 0 saturated heterocycles. The first-order valence-electron chi connectivity index (χ1n) is 5.25. The standard InChI is InChI=1S/C9H17NO3S/c11-6-7-2-1-3-9(7)10-14(12,13)8-4-5-8/h7-11H,1-6H2. The maximum atomic E-state index is 11.6. The average Bonchev–Trinajstić information content (AvgIpc) is 2.89. The van der Waals surface area contributed by atoms with Crippen molar-refractivity contribution in [2.75, 3.05) is 6.61 Å². The molecule has 0 bridgehead atoms. The average molecular weight is 219 g/mol. The van der Waals surface area contributed by atoms with Gasteiger partial charge in [-0.05, 0) is 31.6 Å². The zero-order valence-electron chi connectivity index (χ0n) is 8.15. The second-order valence-corrected chi connectivity index (χ2v) is 6.33. The Bertz CT molecular complexity index is 297. The van der Waals surface area contributed by atoms with E-state index in [-0.39, 0.29) is 23.8 Å². The maximum Gasteiger partial charge on any atom is 0.214 e. The van der Waals surface area contributed by atoms with Gasteiger partial charge in [0.15, 0.2) is 0 Å². The molecule has 2 N–H and O–H groups in total. The summed E-state index contributed by atoms with van der Waals surface area (Å²) in [6.07, 6.45) is 4.42. The van der Waals surface area contributed by atoms with Crippen LogP contribution < -0.4 is 4.72 Å². The van der Waals surface area contributed by atoms with Gasteiger partial charge in [0.1, 0.15) is 0 Å². The van der Waals surface area contributed by atoms with E-state index in [0.29, 0.717) is 0 Å². The third-order valence-electron chi connectivity index (χ3n) is 3.17. The van der Waals surface area contributed by atoms with E-state index in [0.717, 1.165) is 32.1 Å². The summed E-state index contributed by atoms with van der Waals surface area (Å²) in [5, 5.41) is 8.90. The summed E-state index contributed by atoms with van der Waals surface area (Å²) in [5.41, 5.74) is 0. The Morgan fingerprint density at radius 2 is 1.93 bits per heavy atom. The lowest BCUT2D eigenvalue weighted by molar-refractivity contribution is 0.213. The molecule has 2 fully saturated rings. The maximum absolute atomic E-state index is 11.6. The van der Waals surface area contributed by atoms with Gasteiger partial charge < -0.3 is 5.11 Å². The summed E-state index contributed by atoms with van der Waals surface area (Å²) in [6.45, 7) is 0.0951. The first-order chi connectivity index (χ1) is 6.63. The third-order valence-corrected chi connectivity index (χ3v) is 5.15. The van der Waals surface area contributed by atoms with Crippen molar-refractivity contribution in [2.24, 2.45) is 5.92 Å². The van der Waals surface area contributed by atoms with Crippen LogP contribution in [0.1, 0.15) is 32.1 Å². The lowest BCUT2D eigenvalue weighted by atomic mass is 10.1. The van der Waals surface area contributed by atoms with E-state index in [2.05, 4.69) is 4.72 Å². The van der Waals surface area contributed by atoms with Crippen molar-refractivity contribution in [1.29, 1.82) is 0 Å². The summed E-state index contributed by atoms with van der Waals surface area (Å²) in [5.74, 6) is 0.128. The van der Waals surface area contributed by atoms with Gasteiger partial charge in [0.05, 0.1) is 5.25 Å². The van der Waals surface area contributed by atoms with Gasteiger partial charge in [-0.1, -0.05) is 6.42 Å². The van der Waals surface area contributed by atoms with E-state index < -0.39 is 10.0 Å². The second-order valence-electron chi connectivity index (χ2n) is 4.34. The fourth-order valence-corrected chi connectivity index (χ4v) is 3.78. The van der Waals surface area contributed by atoms with E-state index in [9.17, 15) is 8.42 Å². The van der Waals surface area contributed by atoms with Crippen molar-refractivity contribution in [2.45, 2.75) is 43.4 Å². The molecule has 82 valence electrons. The summed E-state index contributed by atoms with van der Waals surface area (Å²) in [4.78, 5) is 0. The van der Waals surface area contributed by atoms with Gasteiger partial charge >= 0.3 is 0 Å². The Labute approximate surface area is 84.8 Å². The van der Waals surface area contributed by atoms with Gasteiger partial charge in [-0.3, -0.25) is 0 Å². The summed E-state index contributed by atoms with van der Waals surface area (Å²) in [6, 6.07) is -0.0226. The molecule has 0 aliphatic heterocycles. The van der Waals surface area contributed by atoms with Gasteiger partial charge in [-0.15, -0.1) is 0 Å². The van der Waals surface area contributed by atoms with Crippen LogP contribution in [0.2, 0.25) is 0 Å². The molecule has 2 aliphatic carbocycles. The summed E-state index contributed by atoms with van der Waals surface area (Å²) >= 11 is 0. The van der Waals surface area contributed by atoms with E-state index in [1.54, 1.807) is 0 Å². The molecule has 0 heterocycles. The number of hydrogen-bond acceptors (Lipinski definition) is 3. The van der Waals surface area contributed by atoms with Gasteiger partial charge in [-0.25, -0.2) is 13.1 Å². The van der Waals surface area contributed by atoms with Crippen molar-refractivity contribution in [3.8, 4) is 0 Å². The van der Waals surface area contributed by atoms with E-state index in [4.69, 9.17) is 5.11 Å². The molecular formula is C9H17NO3S. The number of rotatable bonds is 4. The van der Waals surface area contributed by atoms with Crippen LogP contribution in [-0.2, 0) is 10.0 Å². The van der Waals surface area contributed by atoms with Gasteiger partial charge in [0, 0.05) is 12.6 Å². The van der Waals surface area contributed by atoms with Crippen molar-refractivity contribution in [3.05, 3.63) is 0 Å². The fourth-order valence-electron chi connectivity index (χ4n) is 2.10. The van der Waals surface area contributed by atoms with Crippen LogP contribution in [0.15, 0.2) is 0 Å². The Balaban J connectivity index is 1.96. The third kappa shape index (κ3) is 2.10. The monoisotopic (exact) mass is 219 g/mol. The molecule has 0 aromatic rings.